The first-order valence-electron chi connectivity index (χ1n) is 2.23. The summed E-state index contributed by atoms with van der Waals surface area (Å²) in [7, 11) is 0. The van der Waals surface area contributed by atoms with Crippen LogP contribution in [0, 0.1) is 0 Å². The number of rotatable bonds is 0. The van der Waals surface area contributed by atoms with Gasteiger partial charge in [-0.2, -0.15) is 4.99 Å². The van der Waals surface area contributed by atoms with Crippen LogP contribution in [0.1, 0.15) is 0 Å². The molecule has 0 fully saturated rings. The van der Waals surface area contributed by atoms with Gasteiger partial charge in [0.1, 0.15) is 0 Å². The molecule has 0 aromatic carbocycles. The van der Waals surface area contributed by atoms with E-state index in [4.69, 9.17) is 40.6 Å². The van der Waals surface area contributed by atoms with Crippen LogP contribution in [-0.4, -0.2) is 21.2 Å². The van der Waals surface area contributed by atoms with E-state index in [0.717, 1.165) is 5.01 Å². The smallest absolute Gasteiger partial charge is 0.223 e. The van der Waals surface area contributed by atoms with E-state index in [-0.39, 0.29) is 10.6 Å². The highest BCUT2D eigenvalue weighted by atomic mass is 35.5. The van der Waals surface area contributed by atoms with Crippen LogP contribution in [-0.2, 0) is 0 Å². The van der Waals surface area contributed by atoms with Crippen molar-refractivity contribution in [1.29, 1.82) is 0 Å². The van der Waals surface area contributed by atoms with E-state index < -0.39 is 5.62 Å². The van der Waals surface area contributed by atoms with E-state index >= 15 is 0 Å². The first-order chi connectivity index (χ1) is 4.61. The number of hydrogen-bond donors (Lipinski definition) is 0. The molecule has 0 saturated heterocycles. The predicted molar refractivity (Wildman–Crippen MR) is 41.2 cm³/mol. The highest BCUT2D eigenvalue weighted by Gasteiger charge is 2.19. The zero-order chi connectivity index (χ0) is 7.72. The van der Waals surface area contributed by atoms with Crippen molar-refractivity contribution < 1.29 is 0 Å². The molecule has 0 saturated carbocycles. The van der Waals surface area contributed by atoms with Crippen LogP contribution in [0.15, 0.2) is 9.98 Å². The van der Waals surface area contributed by atoms with Gasteiger partial charge in [-0.1, -0.05) is 11.6 Å². The summed E-state index contributed by atoms with van der Waals surface area (Å²) in [5, 5.41) is 0.628. The average molecular weight is 200 g/mol. The Kier molecular flexibility index (Phi) is 2.36. The molecule has 1 rings (SSSR count). The van der Waals surface area contributed by atoms with E-state index in [0.29, 0.717) is 0 Å². The molecule has 1 radical (unpaired) electrons. The fraction of sp³-hybridized carbons (Fsp3) is 0.333. The Labute approximate surface area is 72.2 Å². The third kappa shape index (κ3) is 1.52. The standard InChI is InChI=1S/C3H2Cl3N4/c4-1-8-2(5)10(7)3(6)9-1/h2,7H. The minimum absolute atomic E-state index is 0.0338. The van der Waals surface area contributed by atoms with Crippen molar-refractivity contribution in [2.75, 3.05) is 0 Å². The van der Waals surface area contributed by atoms with Crippen molar-refractivity contribution in [3.05, 3.63) is 0 Å². The minimum atomic E-state index is -0.877. The van der Waals surface area contributed by atoms with Crippen LogP contribution in [0.3, 0.4) is 0 Å². The Morgan fingerprint density at radius 3 is 2.60 bits per heavy atom. The molecule has 0 aromatic heterocycles. The number of hydrogen-bond acceptors (Lipinski definition) is 3. The number of alkyl halides is 1. The third-order valence-corrected chi connectivity index (χ3v) is 1.55. The molecule has 1 aliphatic heterocycles. The number of nitrogens with one attached hydrogen (secondary N) is 1. The first kappa shape index (κ1) is 8.07. The van der Waals surface area contributed by atoms with Crippen molar-refractivity contribution >= 4 is 45.4 Å². The minimum Gasteiger partial charge on any atom is -0.228 e. The Balaban J connectivity index is 2.85. The number of amidine groups is 2. The van der Waals surface area contributed by atoms with Crippen LogP contribution in [0.5, 0.6) is 0 Å². The highest BCUT2D eigenvalue weighted by molar-refractivity contribution is 6.71. The van der Waals surface area contributed by atoms with E-state index in [1.165, 1.54) is 0 Å². The molecule has 0 aliphatic carbocycles. The topological polar surface area (TPSA) is 51.8 Å². The van der Waals surface area contributed by atoms with Crippen LogP contribution in [0.2, 0.25) is 0 Å². The van der Waals surface area contributed by atoms with Gasteiger partial charge in [0.25, 0.3) is 0 Å². The van der Waals surface area contributed by atoms with Gasteiger partial charge in [-0.25, -0.2) is 10.0 Å². The second-order valence-corrected chi connectivity index (χ2v) is 2.53. The van der Waals surface area contributed by atoms with Gasteiger partial charge in [-0.3, -0.25) is 0 Å². The molecule has 4 nitrogen and oxygen atoms in total. The second-order valence-electron chi connectivity index (χ2n) is 1.46. The summed E-state index contributed by atoms with van der Waals surface area (Å²) in [6, 6.07) is 0. The fourth-order valence-electron chi connectivity index (χ4n) is 0.392. The lowest BCUT2D eigenvalue weighted by atomic mass is 10.9. The molecule has 1 unspecified atom stereocenters. The predicted octanol–water partition coefficient (Wildman–Crippen LogP) is 1.21. The van der Waals surface area contributed by atoms with Gasteiger partial charge in [0.05, 0.1) is 0 Å². The molecule has 55 valence electrons. The van der Waals surface area contributed by atoms with E-state index in [1.807, 2.05) is 0 Å². The molecule has 0 amide bonds. The first-order valence-corrected chi connectivity index (χ1v) is 3.42. The lowest BCUT2D eigenvalue weighted by molar-refractivity contribution is 0.398. The van der Waals surface area contributed by atoms with E-state index in [2.05, 4.69) is 9.98 Å². The van der Waals surface area contributed by atoms with Gasteiger partial charge in [0.15, 0.2) is 0 Å². The molecule has 0 bridgehead atoms. The molecule has 10 heavy (non-hydrogen) atoms. The zero-order valence-electron chi connectivity index (χ0n) is 4.55. The molecular weight excluding hydrogens is 198 g/mol. The summed E-state index contributed by atoms with van der Waals surface area (Å²) >= 11 is 16.2. The Morgan fingerprint density at radius 2 is 2.10 bits per heavy atom. The largest absolute Gasteiger partial charge is 0.228 e. The summed E-state index contributed by atoms with van der Waals surface area (Å²) in [5.41, 5.74) is -0.877. The van der Waals surface area contributed by atoms with Crippen LogP contribution >= 0.6 is 34.8 Å². The third-order valence-electron chi connectivity index (χ3n) is 0.809. The maximum atomic E-state index is 7.05. The monoisotopic (exact) mass is 199 g/mol. The molecule has 7 heteroatoms. The lowest BCUT2D eigenvalue weighted by Gasteiger charge is -2.19. The number of halogens is 3. The normalized spacial score (nSPS) is 26.0. The molecule has 0 aromatic rings. The Hall–Kier alpha value is -0.0300. The van der Waals surface area contributed by atoms with Crippen LogP contribution in [0.4, 0.5) is 0 Å². The molecule has 1 heterocycles. The molecule has 1 N–H and O–H groups in total. The Morgan fingerprint density at radius 1 is 1.50 bits per heavy atom. The number of nitrogens with zero attached hydrogens (tertiary/aromatic N) is 3. The van der Waals surface area contributed by atoms with Gasteiger partial charge in [-0.05, 0) is 23.2 Å². The van der Waals surface area contributed by atoms with Crippen molar-refractivity contribution in [2.24, 2.45) is 9.98 Å². The van der Waals surface area contributed by atoms with Gasteiger partial charge in [0.2, 0.25) is 16.2 Å². The quantitative estimate of drug-likeness (QED) is 0.428. The molecular formula is C3H2Cl3N4. The lowest BCUT2D eigenvalue weighted by Crippen LogP contribution is -2.35. The van der Waals surface area contributed by atoms with Crippen LogP contribution in [0.25, 0.3) is 0 Å². The van der Waals surface area contributed by atoms with Gasteiger partial charge >= 0.3 is 0 Å². The van der Waals surface area contributed by atoms with E-state index in [9.17, 15) is 0 Å². The summed E-state index contributed by atoms with van der Waals surface area (Å²) in [6.45, 7) is 0. The van der Waals surface area contributed by atoms with Crippen molar-refractivity contribution in [1.82, 2.24) is 10.9 Å². The van der Waals surface area contributed by atoms with Gasteiger partial charge < -0.3 is 0 Å². The van der Waals surface area contributed by atoms with E-state index in [1.54, 1.807) is 0 Å². The van der Waals surface area contributed by atoms with Crippen molar-refractivity contribution in [2.45, 2.75) is 5.62 Å². The fourth-order valence-corrected chi connectivity index (χ4v) is 1.07. The summed E-state index contributed by atoms with van der Waals surface area (Å²) in [5.74, 6) is 7.05. The second kappa shape index (κ2) is 2.92. The molecule has 0 spiro atoms. The molecule has 1 atom stereocenters. The van der Waals surface area contributed by atoms with Crippen molar-refractivity contribution in [3.63, 3.8) is 0 Å². The molecule has 1 aliphatic rings. The van der Waals surface area contributed by atoms with Crippen LogP contribution < -0.4 is 5.84 Å². The maximum Gasteiger partial charge on any atom is 0.223 e. The highest BCUT2D eigenvalue weighted by Crippen LogP contribution is 2.13. The summed E-state index contributed by atoms with van der Waals surface area (Å²) < 4.78 is 0. The summed E-state index contributed by atoms with van der Waals surface area (Å²) in [4.78, 5) is 6.99. The maximum absolute atomic E-state index is 7.05. The Bertz CT molecular complexity index is 200. The van der Waals surface area contributed by atoms with Crippen molar-refractivity contribution in [3.8, 4) is 0 Å². The average Bonchev–Trinajstić information content (AvgIpc) is 1.82. The number of aliphatic imine (C=N–C) groups is 2. The SMILES string of the molecule is [NH]N1C(Cl)=NC(Cl)=NC1Cl. The van der Waals surface area contributed by atoms with Gasteiger partial charge in [0, 0.05) is 0 Å². The zero-order valence-corrected chi connectivity index (χ0v) is 6.82. The van der Waals surface area contributed by atoms with Gasteiger partial charge in [-0.15, -0.1) is 5.84 Å². The summed E-state index contributed by atoms with van der Waals surface area (Å²) in [6.07, 6.45) is 0.